The lowest BCUT2D eigenvalue weighted by atomic mass is 10.2. The average Bonchev–Trinajstić information content (AvgIpc) is 3.01. The standard InChI is InChI=1S/C18H23N5O3/c1-4-10-26-11-7-14-20-16-15(17(24)22(3)18(25)21(16)2)23(14)12-13-5-8-19-9-6-13/h5-6,8-9H,4,7,10-12H2,1-3H3. The largest absolute Gasteiger partial charge is 0.381 e. The van der Waals surface area contributed by atoms with Crippen molar-refractivity contribution in [2.75, 3.05) is 13.2 Å². The number of aryl methyl sites for hydroxylation is 1. The molecule has 0 aliphatic heterocycles. The number of hydrogen-bond donors (Lipinski definition) is 0. The minimum Gasteiger partial charge on any atom is -0.381 e. The predicted octanol–water partition coefficient (Wildman–Crippen LogP) is 0.846. The second kappa shape index (κ2) is 7.65. The van der Waals surface area contributed by atoms with Gasteiger partial charge in [0.15, 0.2) is 11.2 Å². The van der Waals surface area contributed by atoms with Crippen molar-refractivity contribution in [3.05, 3.63) is 56.8 Å². The number of nitrogens with zero attached hydrogens (tertiary/aromatic N) is 5. The van der Waals surface area contributed by atoms with Gasteiger partial charge in [0.1, 0.15) is 5.82 Å². The topological polar surface area (TPSA) is 83.9 Å². The van der Waals surface area contributed by atoms with Crippen molar-refractivity contribution >= 4 is 11.2 Å². The predicted molar refractivity (Wildman–Crippen MR) is 98.4 cm³/mol. The zero-order chi connectivity index (χ0) is 18.7. The molecule has 8 heteroatoms. The van der Waals surface area contributed by atoms with Gasteiger partial charge in [-0.3, -0.25) is 18.9 Å². The Morgan fingerprint density at radius 1 is 1.08 bits per heavy atom. The van der Waals surface area contributed by atoms with Gasteiger partial charge in [-0.25, -0.2) is 9.78 Å². The van der Waals surface area contributed by atoms with E-state index in [0.29, 0.717) is 37.3 Å². The van der Waals surface area contributed by atoms with Gasteiger partial charge >= 0.3 is 5.69 Å². The van der Waals surface area contributed by atoms with Crippen molar-refractivity contribution in [3.63, 3.8) is 0 Å². The number of pyridine rings is 1. The maximum absolute atomic E-state index is 12.7. The van der Waals surface area contributed by atoms with Crippen LogP contribution in [0.4, 0.5) is 0 Å². The van der Waals surface area contributed by atoms with Crippen LogP contribution in [0.15, 0.2) is 34.1 Å². The number of aromatic nitrogens is 5. The molecule has 138 valence electrons. The van der Waals surface area contributed by atoms with E-state index < -0.39 is 0 Å². The molecule has 3 rings (SSSR count). The molecule has 3 heterocycles. The highest BCUT2D eigenvalue weighted by atomic mass is 16.5. The molecule has 0 N–H and O–H groups in total. The van der Waals surface area contributed by atoms with Gasteiger partial charge in [-0.15, -0.1) is 0 Å². The van der Waals surface area contributed by atoms with Crippen LogP contribution in [0.5, 0.6) is 0 Å². The van der Waals surface area contributed by atoms with E-state index >= 15 is 0 Å². The fourth-order valence-electron chi connectivity index (χ4n) is 2.93. The average molecular weight is 357 g/mol. The zero-order valence-electron chi connectivity index (χ0n) is 15.3. The van der Waals surface area contributed by atoms with Gasteiger partial charge < -0.3 is 9.30 Å². The summed E-state index contributed by atoms with van der Waals surface area (Å²) in [5.74, 6) is 0.728. The van der Waals surface area contributed by atoms with E-state index in [1.807, 2.05) is 16.7 Å². The molecule has 0 aromatic carbocycles. The monoisotopic (exact) mass is 357 g/mol. The molecule has 0 saturated heterocycles. The summed E-state index contributed by atoms with van der Waals surface area (Å²) < 4.78 is 9.99. The minimum atomic E-state index is -0.384. The van der Waals surface area contributed by atoms with Gasteiger partial charge in [0.05, 0.1) is 6.61 Å². The molecule has 8 nitrogen and oxygen atoms in total. The third-order valence-corrected chi connectivity index (χ3v) is 4.34. The Bertz CT molecular complexity index is 1020. The molecule has 0 amide bonds. The van der Waals surface area contributed by atoms with E-state index in [0.717, 1.165) is 22.4 Å². The van der Waals surface area contributed by atoms with Gasteiger partial charge in [-0.05, 0) is 24.1 Å². The van der Waals surface area contributed by atoms with Gasteiger partial charge in [-0.2, -0.15) is 0 Å². The molecule has 0 aliphatic carbocycles. The highest BCUT2D eigenvalue weighted by Gasteiger charge is 2.19. The number of fused-ring (bicyclic) bond motifs is 1. The molecule has 3 aromatic rings. The molecule has 0 unspecified atom stereocenters. The van der Waals surface area contributed by atoms with Crippen LogP contribution in [0.3, 0.4) is 0 Å². The summed E-state index contributed by atoms with van der Waals surface area (Å²) in [6, 6.07) is 3.80. The van der Waals surface area contributed by atoms with Crippen molar-refractivity contribution in [1.82, 2.24) is 23.7 Å². The molecule has 0 aliphatic rings. The fourth-order valence-corrected chi connectivity index (χ4v) is 2.93. The van der Waals surface area contributed by atoms with E-state index in [4.69, 9.17) is 4.74 Å². The number of ether oxygens (including phenoxy) is 1. The molecule has 26 heavy (non-hydrogen) atoms. The first-order chi connectivity index (χ1) is 12.5. The molecule has 0 atom stereocenters. The molecular formula is C18H23N5O3. The molecule has 0 fully saturated rings. The summed E-state index contributed by atoms with van der Waals surface area (Å²) in [6.45, 7) is 3.74. The Kier molecular flexibility index (Phi) is 5.32. The third-order valence-electron chi connectivity index (χ3n) is 4.34. The van der Waals surface area contributed by atoms with Crippen molar-refractivity contribution in [2.45, 2.75) is 26.3 Å². The maximum Gasteiger partial charge on any atom is 0.332 e. The van der Waals surface area contributed by atoms with Crippen molar-refractivity contribution in [2.24, 2.45) is 14.1 Å². The van der Waals surface area contributed by atoms with Crippen molar-refractivity contribution in [3.8, 4) is 0 Å². The highest BCUT2D eigenvalue weighted by Crippen LogP contribution is 2.14. The first kappa shape index (κ1) is 18.1. The van der Waals surface area contributed by atoms with Crippen LogP contribution in [0, 0.1) is 0 Å². The summed E-state index contributed by atoms with van der Waals surface area (Å²) in [4.78, 5) is 33.6. The van der Waals surface area contributed by atoms with Gasteiger partial charge in [0.25, 0.3) is 5.56 Å². The lowest BCUT2D eigenvalue weighted by Gasteiger charge is -2.10. The molecule has 0 radical (unpaired) electrons. The zero-order valence-corrected chi connectivity index (χ0v) is 15.3. The van der Waals surface area contributed by atoms with Crippen LogP contribution in [0.1, 0.15) is 24.7 Å². The van der Waals surface area contributed by atoms with Gasteiger partial charge in [0, 0.05) is 46.1 Å². The lowest BCUT2D eigenvalue weighted by molar-refractivity contribution is 0.136. The van der Waals surface area contributed by atoms with Crippen LogP contribution in [-0.2, 0) is 31.8 Å². The molecule has 0 saturated carbocycles. The molecular weight excluding hydrogens is 334 g/mol. The van der Waals surface area contributed by atoms with E-state index in [9.17, 15) is 9.59 Å². The smallest absolute Gasteiger partial charge is 0.332 e. The first-order valence-electron chi connectivity index (χ1n) is 8.66. The SMILES string of the molecule is CCCOCCc1nc2c(c(=O)n(C)c(=O)n2C)n1Cc1ccncc1. The molecule has 0 bridgehead atoms. The Morgan fingerprint density at radius 3 is 2.50 bits per heavy atom. The third kappa shape index (κ3) is 3.32. The number of rotatable bonds is 7. The van der Waals surface area contributed by atoms with Crippen LogP contribution in [0.25, 0.3) is 11.2 Å². The van der Waals surface area contributed by atoms with Gasteiger partial charge in [0.2, 0.25) is 0 Å². The fraction of sp³-hybridized carbons (Fsp3) is 0.444. The second-order valence-corrected chi connectivity index (χ2v) is 6.21. The Balaban J connectivity index is 2.13. The van der Waals surface area contributed by atoms with Crippen LogP contribution in [0.2, 0.25) is 0 Å². The summed E-state index contributed by atoms with van der Waals surface area (Å²) in [5, 5.41) is 0. The first-order valence-corrected chi connectivity index (χ1v) is 8.66. The Labute approximate surface area is 150 Å². The van der Waals surface area contributed by atoms with Crippen molar-refractivity contribution in [1.29, 1.82) is 0 Å². The van der Waals surface area contributed by atoms with Crippen LogP contribution >= 0.6 is 0 Å². The van der Waals surface area contributed by atoms with E-state index in [1.165, 1.54) is 11.6 Å². The van der Waals surface area contributed by atoms with Crippen LogP contribution < -0.4 is 11.2 Å². The molecule has 3 aromatic heterocycles. The van der Waals surface area contributed by atoms with Crippen molar-refractivity contribution < 1.29 is 4.74 Å². The Morgan fingerprint density at radius 2 is 1.81 bits per heavy atom. The minimum absolute atomic E-state index is 0.342. The maximum atomic E-state index is 12.7. The summed E-state index contributed by atoms with van der Waals surface area (Å²) in [6.07, 6.45) is 4.94. The summed E-state index contributed by atoms with van der Waals surface area (Å²) in [7, 11) is 3.11. The van der Waals surface area contributed by atoms with Gasteiger partial charge in [-0.1, -0.05) is 6.92 Å². The highest BCUT2D eigenvalue weighted by molar-refractivity contribution is 5.71. The molecule has 0 spiro atoms. The normalized spacial score (nSPS) is 11.3. The van der Waals surface area contributed by atoms with E-state index in [1.54, 1.807) is 19.4 Å². The number of hydrogen-bond acceptors (Lipinski definition) is 5. The van der Waals surface area contributed by atoms with E-state index in [2.05, 4.69) is 16.9 Å². The van der Waals surface area contributed by atoms with Crippen LogP contribution in [-0.4, -0.2) is 36.9 Å². The Hall–Kier alpha value is -2.74. The van der Waals surface area contributed by atoms with E-state index in [-0.39, 0.29) is 11.2 Å². The summed E-state index contributed by atoms with van der Waals surface area (Å²) in [5.41, 5.74) is 1.11. The quantitative estimate of drug-likeness (QED) is 0.585. The second-order valence-electron chi connectivity index (χ2n) is 6.21. The summed E-state index contributed by atoms with van der Waals surface area (Å²) >= 11 is 0. The number of imidazole rings is 1. The lowest BCUT2D eigenvalue weighted by Crippen LogP contribution is -2.37.